The van der Waals surface area contributed by atoms with Crippen molar-refractivity contribution in [1.82, 2.24) is 0 Å². The quantitative estimate of drug-likeness (QED) is 0.941. The van der Waals surface area contributed by atoms with Crippen molar-refractivity contribution < 1.29 is 4.39 Å². The minimum atomic E-state index is -0.246. The molecule has 20 heavy (non-hydrogen) atoms. The molecule has 0 saturated carbocycles. The highest BCUT2D eigenvalue weighted by Crippen LogP contribution is 2.34. The molecular formula is C15H16FN3S. The van der Waals surface area contributed by atoms with Gasteiger partial charge in [-0.1, -0.05) is 6.92 Å². The van der Waals surface area contributed by atoms with Crippen molar-refractivity contribution in [2.45, 2.75) is 19.4 Å². The number of hydrogen-bond donors (Lipinski definition) is 1. The normalized spacial score (nSPS) is 18.4. The van der Waals surface area contributed by atoms with Gasteiger partial charge in [0.2, 0.25) is 0 Å². The molecule has 0 bridgehead atoms. The summed E-state index contributed by atoms with van der Waals surface area (Å²) < 4.78 is 13.1. The molecule has 0 radical (unpaired) electrons. The Balaban J connectivity index is 1.93. The number of aryl methyl sites for hydroxylation is 1. The SMILES string of the molecule is CCc1ccc(C2CN=C(N)N2c2ccc(F)cc2)s1. The van der Waals surface area contributed by atoms with Crippen molar-refractivity contribution >= 4 is 23.0 Å². The van der Waals surface area contributed by atoms with Gasteiger partial charge >= 0.3 is 0 Å². The van der Waals surface area contributed by atoms with Crippen molar-refractivity contribution in [2.75, 3.05) is 11.4 Å². The average Bonchev–Trinajstić information content (AvgIpc) is 3.06. The van der Waals surface area contributed by atoms with Crippen molar-refractivity contribution in [1.29, 1.82) is 0 Å². The predicted molar refractivity (Wildman–Crippen MR) is 81.8 cm³/mol. The van der Waals surface area contributed by atoms with Gasteiger partial charge in [0.15, 0.2) is 5.96 Å². The summed E-state index contributed by atoms with van der Waals surface area (Å²) in [5, 5.41) is 0. The minimum absolute atomic E-state index is 0.116. The molecule has 3 nitrogen and oxygen atoms in total. The number of aliphatic imine (C=N–C) groups is 1. The molecule has 0 fully saturated rings. The van der Waals surface area contributed by atoms with Crippen LogP contribution in [0.1, 0.15) is 22.7 Å². The Morgan fingerprint density at radius 2 is 2.05 bits per heavy atom. The molecule has 0 amide bonds. The summed E-state index contributed by atoms with van der Waals surface area (Å²) in [7, 11) is 0. The molecule has 0 aliphatic carbocycles. The fourth-order valence-electron chi connectivity index (χ4n) is 2.39. The van der Waals surface area contributed by atoms with Gasteiger partial charge in [-0.3, -0.25) is 4.99 Å². The highest BCUT2D eigenvalue weighted by atomic mass is 32.1. The number of benzene rings is 1. The van der Waals surface area contributed by atoms with E-state index >= 15 is 0 Å². The van der Waals surface area contributed by atoms with E-state index in [1.807, 2.05) is 4.90 Å². The van der Waals surface area contributed by atoms with Crippen molar-refractivity contribution in [3.05, 3.63) is 52.0 Å². The molecule has 1 atom stereocenters. The number of nitrogens with two attached hydrogens (primary N) is 1. The van der Waals surface area contributed by atoms with E-state index < -0.39 is 0 Å². The minimum Gasteiger partial charge on any atom is -0.369 e. The first-order valence-corrected chi connectivity index (χ1v) is 7.44. The van der Waals surface area contributed by atoms with Gasteiger partial charge in [-0.05, 0) is 42.8 Å². The van der Waals surface area contributed by atoms with E-state index in [0.29, 0.717) is 12.5 Å². The summed E-state index contributed by atoms with van der Waals surface area (Å²) >= 11 is 1.79. The third-order valence-corrected chi connectivity index (χ3v) is 4.78. The second kappa shape index (κ2) is 5.25. The van der Waals surface area contributed by atoms with E-state index in [-0.39, 0.29) is 11.9 Å². The highest BCUT2D eigenvalue weighted by Gasteiger charge is 2.29. The second-order valence-electron chi connectivity index (χ2n) is 4.72. The number of halogens is 1. The maximum Gasteiger partial charge on any atom is 0.196 e. The molecular weight excluding hydrogens is 273 g/mol. The van der Waals surface area contributed by atoms with E-state index in [1.54, 1.807) is 23.5 Å². The molecule has 2 N–H and O–H groups in total. The van der Waals surface area contributed by atoms with E-state index in [4.69, 9.17) is 5.73 Å². The van der Waals surface area contributed by atoms with Crippen LogP contribution < -0.4 is 10.6 Å². The monoisotopic (exact) mass is 289 g/mol. The first-order valence-electron chi connectivity index (χ1n) is 6.62. The molecule has 0 spiro atoms. The lowest BCUT2D eigenvalue weighted by Crippen LogP contribution is -2.35. The average molecular weight is 289 g/mol. The van der Waals surface area contributed by atoms with Crippen LogP contribution in [0, 0.1) is 5.82 Å². The van der Waals surface area contributed by atoms with Crippen LogP contribution in [-0.4, -0.2) is 12.5 Å². The zero-order valence-corrected chi connectivity index (χ0v) is 12.0. The molecule has 104 valence electrons. The lowest BCUT2D eigenvalue weighted by molar-refractivity contribution is 0.627. The predicted octanol–water partition coefficient (Wildman–Crippen LogP) is 3.33. The third-order valence-electron chi connectivity index (χ3n) is 3.45. The molecule has 1 aromatic carbocycles. The van der Waals surface area contributed by atoms with Gasteiger partial charge in [-0.25, -0.2) is 4.39 Å². The van der Waals surface area contributed by atoms with Gasteiger partial charge in [0, 0.05) is 15.4 Å². The van der Waals surface area contributed by atoms with E-state index in [1.165, 1.54) is 21.9 Å². The number of nitrogens with zero attached hydrogens (tertiary/aromatic N) is 2. The van der Waals surface area contributed by atoms with Gasteiger partial charge in [-0.15, -0.1) is 11.3 Å². The number of hydrogen-bond acceptors (Lipinski definition) is 4. The van der Waals surface area contributed by atoms with Crippen LogP contribution in [0.2, 0.25) is 0 Å². The lowest BCUT2D eigenvalue weighted by atomic mass is 10.2. The molecule has 1 unspecified atom stereocenters. The summed E-state index contributed by atoms with van der Waals surface area (Å²) in [6.07, 6.45) is 1.03. The molecule has 0 saturated heterocycles. The van der Waals surface area contributed by atoms with Crippen LogP contribution in [0.5, 0.6) is 0 Å². The van der Waals surface area contributed by atoms with Crippen LogP contribution in [0.25, 0.3) is 0 Å². The van der Waals surface area contributed by atoms with Crippen LogP contribution >= 0.6 is 11.3 Å². The maximum absolute atomic E-state index is 13.1. The van der Waals surface area contributed by atoms with Gasteiger partial charge in [-0.2, -0.15) is 0 Å². The van der Waals surface area contributed by atoms with Crippen molar-refractivity contribution in [3.8, 4) is 0 Å². The van der Waals surface area contributed by atoms with E-state index in [2.05, 4.69) is 24.0 Å². The topological polar surface area (TPSA) is 41.6 Å². The second-order valence-corrected chi connectivity index (χ2v) is 5.92. The summed E-state index contributed by atoms with van der Waals surface area (Å²) in [6.45, 7) is 2.79. The van der Waals surface area contributed by atoms with E-state index in [0.717, 1.165) is 12.1 Å². The molecule has 2 heterocycles. The van der Waals surface area contributed by atoms with E-state index in [9.17, 15) is 4.39 Å². The standard InChI is InChI=1S/C15H16FN3S/c1-2-12-7-8-14(20-12)13-9-18-15(17)19(13)11-5-3-10(16)4-6-11/h3-8,13H,2,9H2,1H3,(H2,17,18). The van der Waals surface area contributed by atoms with Gasteiger partial charge in [0.1, 0.15) is 5.82 Å². The fourth-order valence-corrected chi connectivity index (χ4v) is 3.43. The van der Waals surface area contributed by atoms with Crippen molar-refractivity contribution in [2.24, 2.45) is 10.7 Å². The first-order chi connectivity index (χ1) is 9.69. The number of guanidine groups is 1. The Hall–Kier alpha value is -1.88. The van der Waals surface area contributed by atoms with Crippen LogP contribution in [0.4, 0.5) is 10.1 Å². The number of anilines is 1. The maximum atomic E-state index is 13.1. The Bertz CT molecular complexity index is 633. The Morgan fingerprint density at radius 3 is 2.70 bits per heavy atom. The fraction of sp³-hybridized carbons (Fsp3) is 0.267. The van der Waals surface area contributed by atoms with Crippen LogP contribution in [0.15, 0.2) is 41.4 Å². The van der Waals surface area contributed by atoms with Crippen LogP contribution in [0.3, 0.4) is 0 Å². The Labute approximate surface area is 121 Å². The number of thiophene rings is 1. The smallest absolute Gasteiger partial charge is 0.196 e. The third kappa shape index (κ3) is 2.29. The molecule has 2 aromatic rings. The molecule has 1 aliphatic rings. The highest BCUT2D eigenvalue weighted by molar-refractivity contribution is 7.12. The summed E-state index contributed by atoms with van der Waals surface area (Å²) in [6, 6.07) is 10.8. The van der Waals surface area contributed by atoms with Gasteiger partial charge in [0.25, 0.3) is 0 Å². The lowest BCUT2D eigenvalue weighted by Gasteiger charge is -2.25. The summed E-state index contributed by atoms with van der Waals surface area (Å²) in [4.78, 5) is 8.92. The first kappa shape index (κ1) is 13.1. The zero-order chi connectivity index (χ0) is 14.1. The summed E-state index contributed by atoms with van der Waals surface area (Å²) in [5.74, 6) is 0.248. The van der Waals surface area contributed by atoms with Crippen molar-refractivity contribution in [3.63, 3.8) is 0 Å². The van der Waals surface area contributed by atoms with Crippen LogP contribution in [-0.2, 0) is 6.42 Å². The van der Waals surface area contributed by atoms with Gasteiger partial charge in [0.05, 0.1) is 12.6 Å². The largest absolute Gasteiger partial charge is 0.369 e. The molecule has 1 aromatic heterocycles. The zero-order valence-electron chi connectivity index (χ0n) is 11.2. The molecule has 5 heteroatoms. The molecule has 1 aliphatic heterocycles. The number of rotatable bonds is 3. The Morgan fingerprint density at radius 1 is 1.30 bits per heavy atom. The van der Waals surface area contributed by atoms with Gasteiger partial charge < -0.3 is 10.6 Å². The summed E-state index contributed by atoms with van der Waals surface area (Å²) in [5.41, 5.74) is 6.88. The molecule has 3 rings (SSSR count). The Kier molecular flexibility index (Phi) is 3.44.